The lowest BCUT2D eigenvalue weighted by Gasteiger charge is -2.22. The van der Waals surface area contributed by atoms with Gasteiger partial charge in [-0.3, -0.25) is 0 Å². The van der Waals surface area contributed by atoms with Crippen LogP contribution in [0.15, 0.2) is 72.8 Å². The van der Waals surface area contributed by atoms with Gasteiger partial charge in [-0.15, -0.1) is 0 Å². The predicted octanol–water partition coefficient (Wildman–Crippen LogP) is 3.77. The Morgan fingerprint density at radius 2 is 1.43 bits per heavy atom. The van der Waals surface area contributed by atoms with E-state index in [4.69, 9.17) is 0 Å². The van der Waals surface area contributed by atoms with E-state index in [1.54, 1.807) is 10.4 Å². The fourth-order valence-electron chi connectivity index (χ4n) is 3.42. The molecule has 21 heavy (non-hydrogen) atoms. The van der Waals surface area contributed by atoms with E-state index in [1.807, 2.05) is 0 Å². The zero-order valence-electron chi connectivity index (χ0n) is 12.6. The number of allylic oxidation sites excluding steroid dienone is 2. The molecular formula is C20H24Si. The summed E-state index contributed by atoms with van der Waals surface area (Å²) in [5, 5.41) is 3.19. The van der Waals surface area contributed by atoms with Crippen molar-refractivity contribution in [3.05, 3.63) is 72.8 Å². The van der Waals surface area contributed by atoms with Gasteiger partial charge in [-0.1, -0.05) is 95.7 Å². The van der Waals surface area contributed by atoms with Gasteiger partial charge >= 0.3 is 0 Å². The molecule has 0 spiro atoms. The molecule has 1 aliphatic rings. The average molecular weight is 292 g/mol. The van der Waals surface area contributed by atoms with Crippen LogP contribution in [0, 0.1) is 5.92 Å². The molecule has 0 saturated carbocycles. The molecule has 0 radical (unpaired) electrons. The molecule has 0 aromatic heterocycles. The summed E-state index contributed by atoms with van der Waals surface area (Å²) in [4.78, 5) is 0. The molecule has 1 atom stereocenters. The van der Waals surface area contributed by atoms with Crippen LogP contribution in [0.2, 0.25) is 6.04 Å². The van der Waals surface area contributed by atoms with E-state index in [0.29, 0.717) is 0 Å². The smallest absolute Gasteiger partial charge is 0.0885 e. The molecule has 0 heterocycles. The zero-order chi connectivity index (χ0) is 14.3. The molecular weight excluding hydrogens is 268 g/mol. The molecule has 2 aromatic rings. The van der Waals surface area contributed by atoms with Gasteiger partial charge in [0.25, 0.3) is 0 Å². The minimum Gasteiger partial charge on any atom is -0.0885 e. The van der Waals surface area contributed by atoms with Gasteiger partial charge in [0.15, 0.2) is 0 Å². The summed E-state index contributed by atoms with van der Waals surface area (Å²) in [5.74, 6) is 0.914. The van der Waals surface area contributed by atoms with E-state index < -0.39 is 8.80 Å². The molecule has 0 aliphatic heterocycles. The first-order valence-electron chi connectivity index (χ1n) is 8.18. The topological polar surface area (TPSA) is 0 Å². The fourth-order valence-corrected chi connectivity index (χ4v) is 6.65. The summed E-state index contributed by atoms with van der Waals surface area (Å²) in [6.07, 6.45) is 10.1. The fraction of sp³-hybridized carbons (Fsp3) is 0.300. The van der Waals surface area contributed by atoms with E-state index in [1.165, 1.54) is 31.7 Å². The highest BCUT2D eigenvalue weighted by atomic mass is 28.3. The molecule has 108 valence electrons. The predicted molar refractivity (Wildman–Crippen MR) is 95.2 cm³/mol. The molecule has 0 saturated heterocycles. The van der Waals surface area contributed by atoms with Crippen molar-refractivity contribution in [3.63, 3.8) is 0 Å². The van der Waals surface area contributed by atoms with Crippen molar-refractivity contribution in [2.45, 2.75) is 31.7 Å². The number of benzene rings is 2. The van der Waals surface area contributed by atoms with Crippen molar-refractivity contribution in [2.24, 2.45) is 5.92 Å². The normalized spacial score (nSPS) is 18.0. The van der Waals surface area contributed by atoms with Crippen LogP contribution in [0.3, 0.4) is 0 Å². The highest BCUT2D eigenvalue weighted by Gasteiger charge is 2.18. The summed E-state index contributed by atoms with van der Waals surface area (Å²) >= 11 is 0. The summed E-state index contributed by atoms with van der Waals surface area (Å²) in [7, 11) is -1.05. The van der Waals surface area contributed by atoms with Crippen LogP contribution >= 0.6 is 0 Å². The van der Waals surface area contributed by atoms with E-state index in [9.17, 15) is 0 Å². The SMILES string of the molecule is C1=CCC(CC[SiH](c2ccccc2)c2ccccc2)CC1. The minimum absolute atomic E-state index is 0.914. The first-order valence-corrected chi connectivity index (χ1v) is 10.2. The highest BCUT2D eigenvalue weighted by molar-refractivity contribution is 6.85. The second-order valence-electron chi connectivity index (χ2n) is 6.10. The number of hydrogen-bond donors (Lipinski definition) is 0. The first kappa shape index (κ1) is 14.3. The molecule has 1 unspecified atom stereocenters. The molecule has 0 amide bonds. The quantitative estimate of drug-likeness (QED) is 0.581. The second-order valence-corrected chi connectivity index (χ2v) is 9.12. The van der Waals surface area contributed by atoms with Gasteiger partial charge in [0.05, 0.1) is 0 Å². The second kappa shape index (κ2) is 7.42. The van der Waals surface area contributed by atoms with Gasteiger partial charge in [-0.05, 0) is 25.2 Å². The molecule has 0 nitrogen and oxygen atoms in total. The van der Waals surface area contributed by atoms with Crippen molar-refractivity contribution < 1.29 is 0 Å². The minimum atomic E-state index is -1.05. The third kappa shape index (κ3) is 3.95. The van der Waals surface area contributed by atoms with Crippen molar-refractivity contribution in [3.8, 4) is 0 Å². The Balaban J connectivity index is 1.75. The van der Waals surface area contributed by atoms with E-state index >= 15 is 0 Å². The molecule has 0 fully saturated rings. The Labute approximate surface area is 130 Å². The van der Waals surface area contributed by atoms with Crippen molar-refractivity contribution in [1.82, 2.24) is 0 Å². The summed E-state index contributed by atoms with van der Waals surface area (Å²) < 4.78 is 0. The van der Waals surface area contributed by atoms with Gasteiger partial charge in [0.2, 0.25) is 0 Å². The maximum absolute atomic E-state index is 2.38. The van der Waals surface area contributed by atoms with Crippen LogP contribution in [0.1, 0.15) is 25.7 Å². The van der Waals surface area contributed by atoms with E-state index in [0.717, 1.165) is 5.92 Å². The third-order valence-corrected chi connectivity index (χ3v) is 7.94. The largest absolute Gasteiger partial charge is 0.103 e. The van der Waals surface area contributed by atoms with Gasteiger partial charge in [0.1, 0.15) is 8.80 Å². The Bertz CT molecular complexity index is 519. The van der Waals surface area contributed by atoms with Crippen LogP contribution in [-0.4, -0.2) is 8.80 Å². The van der Waals surface area contributed by atoms with Crippen LogP contribution in [-0.2, 0) is 0 Å². The zero-order valence-corrected chi connectivity index (χ0v) is 13.8. The lowest BCUT2D eigenvalue weighted by Crippen LogP contribution is -2.42. The number of hydrogen-bond acceptors (Lipinski definition) is 0. The van der Waals surface area contributed by atoms with E-state index in [2.05, 4.69) is 72.8 Å². The molecule has 1 aliphatic carbocycles. The lowest BCUT2D eigenvalue weighted by molar-refractivity contribution is 0.464. The highest BCUT2D eigenvalue weighted by Crippen LogP contribution is 2.23. The summed E-state index contributed by atoms with van der Waals surface area (Å²) in [6.45, 7) is 0. The van der Waals surface area contributed by atoms with Crippen LogP contribution < -0.4 is 10.4 Å². The first-order chi connectivity index (χ1) is 10.4. The van der Waals surface area contributed by atoms with Gasteiger partial charge < -0.3 is 0 Å². The van der Waals surface area contributed by atoms with Crippen molar-refractivity contribution >= 4 is 19.2 Å². The number of rotatable bonds is 5. The lowest BCUT2D eigenvalue weighted by atomic mass is 9.92. The Morgan fingerprint density at radius 1 is 0.810 bits per heavy atom. The maximum atomic E-state index is 2.38. The van der Waals surface area contributed by atoms with Gasteiger partial charge in [-0.25, -0.2) is 0 Å². The molecule has 1 heteroatoms. The molecule has 0 bridgehead atoms. The van der Waals surface area contributed by atoms with E-state index in [-0.39, 0.29) is 0 Å². The molecule has 2 aromatic carbocycles. The van der Waals surface area contributed by atoms with Gasteiger partial charge in [0, 0.05) is 0 Å². The Morgan fingerprint density at radius 3 is 1.95 bits per heavy atom. The monoisotopic (exact) mass is 292 g/mol. The molecule has 3 rings (SSSR count). The van der Waals surface area contributed by atoms with Gasteiger partial charge in [-0.2, -0.15) is 0 Å². The Hall–Kier alpha value is -1.60. The standard InChI is InChI=1S/C20H24Si/c1-4-10-18(11-5-1)16-17-21(19-12-6-2-7-13-19)20-14-8-3-9-15-20/h1-4,6-9,12-15,18,21H,5,10-11,16-17H2. The van der Waals surface area contributed by atoms with Crippen molar-refractivity contribution in [1.29, 1.82) is 0 Å². The van der Waals surface area contributed by atoms with Crippen molar-refractivity contribution in [2.75, 3.05) is 0 Å². The third-order valence-electron chi connectivity index (χ3n) is 4.65. The average Bonchev–Trinajstić information content (AvgIpc) is 2.58. The molecule has 0 N–H and O–H groups in total. The van der Waals surface area contributed by atoms with Crippen LogP contribution in [0.25, 0.3) is 0 Å². The van der Waals surface area contributed by atoms with Crippen LogP contribution in [0.4, 0.5) is 0 Å². The maximum Gasteiger partial charge on any atom is 0.103 e. The summed E-state index contributed by atoms with van der Waals surface area (Å²) in [5.41, 5.74) is 0. The Kier molecular flexibility index (Phi) is 5.07. The summed E-state index contributed by atoms with van der Waals surface area (Å²) in [6, 6.07) is 23.8. The van der Waals surface area contributed by atoms with Crippen LogP contribution in [0.5, 0.6) is 0 Å².